The standard InChI is InChI=1S/C20H17FN4OS/c21-16-2-1-3-17-18(16)24-20(27-17)25-10-8-14(9-11-25)19(26)23-15-6-4-13(12-22)5-7-15/h1-7,14H,8-11H2,(H,23,26). The summed E-state index contributed by atoms with van der Waals surface area (Å²) in [4.78, 5) is 19.0. The minimum absolute atomic E-state index is 0.00491. The molecule has 5 nitrogen and oxygen atoms in total. The van der Waals surface area contributed by atoms with Crippen molar-refractivity contribution in [3.63, 3.8) is 0 Å². The highest BCUT2D eigenvalue weighted by molar-refractivity contribution is 7.22. The van der Waals surface area contributed by atoms with Crippen LogP contribution in [0.25, 0.3) is 10.2 Å². The molecule has 0 aliphatic carbocycles. The fourth-order valence-corrected chi connectivity index (χ4v) is 4.28. The number of halogens is 1. The van der Waals surface area contributed by atoms with E-state index in [-0.39, 0.29) is 17.6 Å². The molecule has 136 valence electrons. The van der Waals surface area contributed by atoms with E-state index in [1.165, 1.54) is 17.4 Å². The van der Waals surface area contributed by atoms with Crippen molar-refractivity contribution in [2.45, 2.75) is 12.8 Å². The number of carbonyl (C=O) groups is 1. The average Bonchev–Trinajstić information content (AvgIpc) is 3.14. The molecular weight excluding hydrogens is 363 g/mol. The van der Waals surface area contributed by atoms with E-state index in [9.17, 15) is 9.18 Å². The topological polar surface area (TPSA) is 69.0 Å². The van der Waals surface area contributed by atoms with E-state index in [4.69, 9.17) is 5.26 Å². The third kappa shape index (κ3) is 3.62. The Labute approximate surface area is 160 Å². The first-order chi connectivity index (χ1) is 13.1. The lowest BCUT2D eigenvalue weighted by atomic mass is 9.96. The highest BCUT2D eigenvalue weighted by Gasteiger charge is 2.26. The van der Waals surface area contributed by atoms with E-state index >= 15 is 0 Å². The van der Waals surface area contributed by atoms with Gasteiger partial charge in [-0.3, -0.25) is 4.79 Å². The zero-order chi connectivity index (χ0) is 18.8. The summed E-state index contributed by atoms with van der Waals surface area (Å²) >= 11 is 1.48. The van der Waals surface area contributed by atoms with Crippen LogP contribution >= 0.6 is 11.3 Å². The van der Waals surface area contributed by atoms with Gasteiger partial charge in [0, 0.05) is 24.7 Å². The molecule has 3 aromatic rings. The summed E-state index contributed by atoms with van der Waals surface area (Å²) in [7, 11) is 0. The quantitative estimate of drug-likeness (QED) is 0.741. The van der Waals surface area contributed by atoms with Gasteiger partial charge in [0.1, 0.15) is 11.3 Å². The second-order valence-electron chi connectivity index (χ2n) is 6.52. The number of hydrogen-bond donors (Lipinski definition) is 1. The number of rotatable bonds is 3. The molecule has 27 heavy (non-hydrogen) atoms. The monoisotopic (exact) mass is 380 g/mol. The second-order valence-corrected chi connectivity index (χ2v) is 7.53. The Balaban J connectivity index is 1.38. The van der Waals surface area contributed by atoms with E-state index in [2.05, 4.69) is 21.3 Å². The van der Waals surface area contributed by atoms with Crippen molar-refractivity contribution in [3.8, 4) is 6.07 Å². The first-order valence-electron chi connectivity index (χ1n) is 8.75. The molecule has 1 aliphatic rings. The average molecular weight is 380 g/mol. The number of amides is 1. The Hall–Kier alpha value is -2.98. The van der Waals surface area contributed by atoms with Crippen molar-refractivity contribution in [2.75, 3.05) is 23.3 Å². The summed E-state index contributed by atoms with van der Waals surface area (Å²) in [6.07, 6.45) is 1.45. The molecule has 1 N–H and O–H groups in total. The molecule has 1 saturated heterocycles. The summed E-state index contributed by atoms with van der Waals surface area (Å²) in [6.45, 7) is 1.43. The van der Waals surface area contributed by atoms with Gasteiger partial charge < -0.3 is 10.2 Å². The van der Waals surface area contributed by atoms with E-state index in [1.54, 1.807) is 30.3 Å². The van der Waals surface area contributed by atoms with Crippen molar-refractivity contribution in [3.05, 3.63) is 53.8 Å². The van der Waals surface area contributed by atoms with Crippen LogP contribution in [0, 0.1) is 23.1 Å². The molecule has 1 fully saturated rings. The van der Waals surface area contributed by atoms with E-state index in [1.807, 2.05) is 6.07 Å². The van der Waals surface area contributed by atoms with Gasteiger partial charge in [0.15, 0.2) is 5.13 Å². The number of nitrogens with zero attached hydrogens (tertiary/aromatic N) is 3. The van der Waals surface area contributed by atoms with Gasteiger partial charge in [-0.15, -0.1) is 0 Å². The van der Waals surface area contributed by atoms with Gasteiger partial charge in [-0.2, -0.15) is 5.26 Å². The molecule has 1 amide bonds. The maximum atomic E-state index is 13.8. The minimum atomic E-state index is -0.299. The van der Waals surface area contributed by atoms with Crippen LogP contribution in [0.4, 0.5) is 15.2 Å². The Morgan fingerprint density at radius 2 is 1.96 bits per heavy atom. The Morgan fingerprint density at radius 3 is 2.63 bits per heavy atom. The predicted molar refractivity (Wildman–Crippen MR) is 104 cm³/mol. The third-order valence-corrected chi connectivity index (χ3v) is 5.86. The third-order valence-electron chi connectivity index (χ3n) is 4.78. The summed E-state index contributed by atoms with van der Waals surface area (Å²) < 4.78 is 14.7. The van der Waals surface area contributed by atoms with Gasteiger partial charge in [-0.05, 0) is 49.2 Å². The van der Waals surface area contributed by atoms with Gasteiger partial charge in [0.25, 0.3) is 0 Å². The first-order valence-corrected chi connectivity index (χ1v) is 9.57. The summed E-state index contributed by atoms with van der Waals surface area (Å²) in [5.41, 5.74) is 1.68. The van der Waals surface area contributed by atoms with Crippen molar-refractivity contribution in [1.29, 1.82) is 5.26 Å². The Kier molecular flexibility index (Phi) is 4.73. The van der Waals surface area contributed by atoms with Crippen molar-refractivity contribution >= 4 is 38.3 Å². The summed E-state index contributed by atoms with van der Waals surface area (Å²) in [6, 6.07) is 13.9. The molecule has 4 rings (SSSR count). The molecule has 2 heterocycles. The second kappa shape index (κ2) is 7.33. The highest BCUT2D eigenvalue weighted by Crippen LogP contribution is 2.32. The van der Waals surface area contributed by atoms with Crippen LogP contribution in [0.15, 0.2) is 42.5 Å². The first kappa shape index (κ1) is 17.4. The molecule has 1 aliphatic heterocycles. The minimum Gasteiger partial charge on any atom is -0.348 e. The maximum Gasteiger partial charge on any atom is 0.227 e. The number of aromatic nitrogens is 1. The zero-order valence-corrected chi connectivity index (χ0v) is 15.3. The summed E-state index contributed by atoms with van der Waals surface area (Å²) in [5, 5.41) is 12.6. The molecule has 0 radical (unpaired) electrons. The lowest BCUT2D eigenvalue weighted by Gasteiger charge is -2.31. The molecule has 0 atom stereocenters. The van der Waals surface area contributed by atoms with Crippen molar-refractivity contribution < 1.29 is 9.18 Å². The number of anilines is 2. The molecule has 0 saturated carbocycles. The SMILES string of the molecule is N#Cc1ccc(NC(=O)C2CCN(c3nc4c(F)cccc4s3)CC2)cc1. The number of carbonyl (C=O) groups excluding carboxylic acids is 1. The number of nitrogens with one attached hydrogen (secondary N) is 1. The Morgan fingerprint density at radius 1 is 1.22 bits per heavy atom. The Bertz CT molecular complexity index is 1020. The van der Waals surface area contributed by atoms with E-state index in [0.29, 0.717) is 29.9 Å². The fourth-order valence-electron chi connectivity index (χ4n) is 3.24. The number of nitriles is 1. The van der Waals surface area contributed by atoms with Crippen LogP contribution in [-0.4, -0.2) is 24.0 Å². The van der Waals surface area contributed by atoms with Gasteiger partial charge in [0.2, 0.25) is 5.91 Å². The number of fused-ring (bicyclic) bond motifs is 1. The van der Waals surface area contributed by atoms with Gasteiger partial charge in [0.05, 0.1) is 16.3 Å². The lowest BCUT2D eigenvalue weighted by molar-refractivity contribution is -0.120. The molecule has 0 unspecified atom stereocenters. The number of para-hydroxylation sites is 1. The number of thiazole rings is 1. The van der Waals surface area contributed by atoms with Crippen LogP contribution in [0.3, 0.4) is 0 Å². The van der Waals surface area contributed by atoms with E-state index in [0.717, 1.165) is 22.7 Å². The predicted octanol–water partition coefficient (Wildman–Crippen LogP) is 4.16. The lowest BCUT2D eigenvalue weighted by Crippen LogP contribution is -2.38. The highest BCUT2D eigenvalue weighted by atomic mass is 32.1. The molecule has 0 spiro atoms. The smallest absolute Gasteiger partial charge is 0.227 e. The van der Waals surface area contributed by atoms with E-state index < -0.39 is 0 Å². The zero-order valence-electron chi connectivity index (χ0n) is 14.5. The number of benzene rings is 2. The molecule has 2 aromatic carbocycles. The molecular formula is C20H17FN4OS. The van der Waals surface area contributed by atoms with Crippen LogP contribution in [0.2, 0.25) is 0 Å². The van der Waals surface area contributed by atoms with Crippen LogP contribution in [-0.2, 0) is 4.79 Å². The van der Waals surface area contributed by atoms with Gasteiger partial charge in [-0.1, -0.05) is 17.4 Å². The van der Waals surface area contributed by atoms with Gasteiger partial charge in [-0.25, -0.2) is 9.37 Å². The van der Waals surface area contributed by atoms with Crippen LogP contribution < -0.4 is 10.2 Å². The largest absolute Gasteiger partial charge is 0.348 e. The maximum absolute atomic E-state index is 13.8. The number of piperidine rings is 1. The van der Waals surface area contributed by atoms with Crippen molar-refractivity contribution in [2.24, 2.45) is 5.92 Å². The van der Waals surface area contributed by atoms with Crippen LogP contribution in [0.5, 0.6) is 0 Å². The fraction of sp³-hybridized carbons (Fsp3) is 0.250. The summed E-state index contributed by atoms with van der Waals surface area (Å²) in [5.74, 6) is -0.371. The van der Waals surface area contributed by atoms with Gasteiger partial charge >= 0.3 is 0 Å². The normalized spacial score (nSPS) is 14.9. The molecule has 7 heteroatoms. The van der Waals surface area contributed by atoms with Crippen LogP contribution in [0.1, 0.15) is 18.4 Å². The molecule has 0 bridgehead atoms. The number of hydrogen-bond acceptors (Lipinski definition) is 5. The van der Waals surface area contributed by atoms with Crippen molar-refractivity contribution in [1.82, 2.24) is 4.98 Å². The molecule has 1 aromatic heterocycles.